The minimum absolute atomic E-state index is 0.339. The summed E-state index contributed by atoms with van der Waals surface area (Å²) in [7, 11) is 0. The van der Waals surface area contributed by atoms with Gasteiger partial charge in [0.25, 0.3) is 0 Å². The molecule has 0 unspecified atom stereocenters. The molecule has 0 aliphatic carbocycles. The molecule has 26 heavy (non-hydrogen) atoms. The zero-order valence-corrected chi connectivity index (χ0v) is 14.3. The van der Waals surface area contributed by atoms with Crippen LogP contribution in [0.5, 0.6) is 0 Å². The average Bonchev–Trinajstić information content (AvgIpc) is 3.32. The largest absolute Gasteiger partial charge is 0.326 e. The second kappa shape index (κ2) is 5.52. The molecule has 2 aliphatic rings. The summed E-state index contributed by atoms with van der Waals surface area (Å²) in [4.78, 5) is 6.35. The number of fused-ring (bicyclic) bond motifs is 2. The Morgan fingerprint density at radius 3 is 2.92 bits per heavy atom. The lowest BCUT2D eigenvalue weighted by atomic mass is 10.0. The van der Waals surface area contributed by atoms with Gasteiger partial charge in [0.1, 0.15) is 29.8 Å². The fraction of sp³-hybridized carbons (Fsp3) is 0.263. The molecule has 0 amide bonds. The van der Waals surface area contributed by atoms with Crippen molar-refractivity contribution in [3.05, 3.63) is 59.4 Å². The Morgan fingerprint density at radius 2 is 2.04 bits per heavy atom. The first-order valence-corrected chi connectivity index (χ1v) is 8.63. The Kier molecular flexibility index (Phi) is 3.25. The number of benzene rings is 1. The molecule has 4 heterocycles. The summed E-state index contributed by atoms with van der Waals surface area (Å²) >= 11 is 0. The fourth-order valence-electron chi connectivity index (χ4n) is 3.75. The number of nitrogens with zero attached hydrogens (tertiary/aromatic N) is 5. The van der Waals surface area contributed by atoms with Crippen LogP contribution >= 0.6 is 0 Å². The van der Waals surface area contributed by atoms with Crippen LogP contribution in [-0.2, 0) is 19.6 Å². The van der Waals surface area contributed by atoms with Crippen molar-refractivity contribution in [3.63, 3.8) is 0 Å². The molecule has 3 aromatic rings. The quantitative estimate of drug-likeness (QED) is 0.705. The molecule has 0 fully saturated rings. The van der Waals surface area contributed by atoms with Crippen molar-refractivity contribution in [2.75, 3.05) is 4.90 Å². The molecule has 132 valence electrons. The van der Waals surface area contributed by atoms with E-state index < -0.39 is 11.6 Å². The van der Waals surface area contributed by atoms with E-state index in [4.69, 9.17) is 0 Å². The highest BCUT2D eigenvalue weighted by molar-refractivity contribution is 5.80. The van der Waals surface area contributed by atoms with Crippen LogP contribution < -0.4 is 4.90 Å². The van der Waals surface area contributed by atoms with Crippen LogP contribution in [0, 0.1) is 18.6 Å². The molecule has 0 atom stereocenters. The first-order chi connectivity index (χ1) is 12.6. The van der Waals surface area contributed by atoms with Crippen LogP contribution in [0.15, 0.2) is 30.7 Å². The Morgan fingerprint density at radius 1 is 1.15 bits per heavy atom. The van der Waals surface area contributed by atoms with Crippen molar-refractivity contribution < 1.29 is 8.78 Å². The highest BCUT2D eigenvalue weighted by Crippen LogP contribution is 2.39. The molecular weight excluding hydrogens is 336 g/mol. The Labute approximate surface area is 149 Å². The Hall–Kier alpha value is -2.96. The highest BCUT2D eigenvalue weighted by Gasteiger charge is 2.29. The van der Waals surface area contributed by atoms with Gasteiger partial charge in [-0.25, -0.2) is 13.8 Å². The zero-order chi connectivity index (χ0) is 17.8. The van der Waals surface area contributed by atoms with Crippen LogP contribution in [0.2, 0.25) is 0 Å². The van der Waals surface area contributed by atoms with Crippen molar-refractivity contribution in [1.29, 1.82) is 0 Å². The minimum Gasteiger partial charge on any atom is -0.326 e. The molecule has 2 aliphatic heterocycles. The number of halogens is 2. The molecule has 0 spiro atoms. The molecule has 1 aromatic carbocycles. The maximum atomic E-state index is 14.6. The predicted octanol–water partition coefficient (Wildman–Crippen LogP) is 3.73. The molecule has 0 saturated carbocycles. The van der Waals surface area contributed by atoms with E-state index in [9.17, 15) is 8.78 Å². The summed E-state index contributed by atoms with van der Waals surface area (Å²) in [6.07, 6.45) is 9.47. The molecule has 5 nitrogen and oxygen atoms in total. The molecule has 0 N–H and O–H groups in total. The Bertz CT molecular complexity index is 1050. The second-order valence-electron chi connectivity index (χ2n) is 6.73. The number of hydrogen-bond acceptors (Lipinski definition) is 3. The first-order valence-electron chi connectivity index (χ1n) is 8.63. The lowest BCUT2D eigenvalue weighted by Crippen LogP contribution is -2.25. The molecule has 5 rings (SSSR count). The normalized spacial score (nSPS) is 15.4. The van der Waals surface area contributed by atoms with Crippen molar-refractivity contribution in [2.24, 2.45) is 0 Å². The van der Waals surface area contributed by atoms with Gasteiger partial charge in [0.15, 0.2) is 0 Å². The third-order valence-corrected chi connectivity index (χ3v) is 5.06. The third-order valence-electron chi connectivity index (χ3n) is 5.06. The van der Waals surface area contributed by atoms with Gasteiger partial charge < -0.3 is 9.47 Å². The van der Waals surface area contributed by atoms with Crippen LogP contribution in [0.4, 0.5) is 14.5 Å². The number of rotatable bonds is 2. The van der Waals surface area contributed by atoms with Gasteiger partial charge in [0.05, 0.1) is 11.4 Å². The van der Waals surface area contributed by atoms with Crippen molar-refractivity contribution in [2.45, 2.75) is 33.0 Å². The van der Waals surface area contributed by atoms with E-state index in [1.807, 2.05) is 27.7 Å². The van der Waals surface area contributed by atoms with E-state index in [-0.39, 0.29) is 0 Å². The van der Waals surface area contributed by atoms with E-state index in [1.54, 1.807) is 19.2 Å². The van der Waals surface area contributed by atoms with Gasteiger partial charge in [-0.2, -0.15) is 5.10 Å². The van der Waals surface area contributed by atoms with E-state index in [0.29, 0.717) is 23.5 Å². The van der Waals surface area contributed by atoms with E-state index >= 15 is 0 Å². The van der Waals surface area contributed by atoms with E-state index in [1.165, 1.54) is 0 Å². The standard InChI is InChI=1S/C19H17F2N5/c1-12-9-13(15(21)10-14(12)20)18-19(16-3-2-6-26(16)23-18)25-7-4-17-22-5-8-24(17)11-25/h4-5,7-10H,2-3,6,11H2,1H3. The van der Waals surface area contributed by atoms with Gasteiger partial charge in [0, 0.05) is 36.8 Å². The number of hydrogen-bond donors (Lipinski definition) is 0. The summed E-state index contributed by atoms with van der Waals surface area (Å²) in [5.41, 5.74) is 3.29. The molecular formula is C19H17F2N5. The maximum absolute atomic E-state index is 14.6. The second-order valence-corrected chi connectivity index (χ2v) is 6.73. The summed E-state index contributed by atoms with van der Waals surface area (Å²) in [6.45, 7) is 3.04. The number of aryl methyl sites for hydroxylation is 2. The fourth-order valence-corrected chi connectivity index (χ4v) is 3.75. The van der Waals surface area contributed by atoms with Gasteiger partial charge in [-0.1, -0.05) is 0 Å². The van der Waals surface area contributed by atoms with Gasteiger partial charge in [-0.3, -0.25) is 4.68 Å². The Balaban J connectivity index is 1.68. The van der Waals surface area contributed by atoms with Crippen LogP contribution in [-0.4, -0.2) is 19.3 Å². The predicted molar refractivity (Wildman–Crippen MR) is 94.4 cm³/mol. The lowest BCUT2D eigenvalue weighted by molar-refractivity contribution is 0.578. The SMILES string of the molecule is Cc1cc(-c2nn3c(c2N2C=Cc4nccn4C2)CCC3)c(F)cc1F. The first kappa shape index (κ1) is 15.3. The van der Waals surface area contributed by atoms with Crippen molar-refractivity contribution in [3.8, 4) is 11.3 Å². The van der Waals surface area contributed by atoms with Gasteiger partial charge in [0.2, 0.25) is 0 Å². The molecule has 0 bridgehead atoms. The van der Waals surface area contributed by atoms with Crippen LogP contribution in [0.25, 0.3) is 17.3 Å². The molecule has 2 aromatic heterocycles. The monoisotopic (exact) mass is 353 g/mol. The third kappa shape index (κ3) is 2.20. The summed E-state index contributed by atoms with van der Waals surface area (Å²) < 4.78 is 32.3. The van der Waals surface area contributed by atoms with Crippen molar-refractivity contribution in [1.82, 2.24) is 19.3 Å². The zero-order valence-electron chi connectivity index (χ0n) is 14.3. The number of anilines is 1. The van der Waals surface area contributed by atoms with E-state index in [2.05, 4.69) is 15.0 Å². The minimum atomic E-state index is -0.588. The smallest absolute Gasteiger partial charge is 0.135 e. The van der Waals surface area contributed by atoms with Gasteiger partial charge in [-0.15, -0.1) is 0 Å². The number of aromatic nitrogens is 4. The van der Waals surface area contributed by atoms with Crippen LogP contribution in [0.3, 0.4) is 0 Å². The van der Waals surface area contributed by atoms with E-state index in [0.717, 1.165) is 42.7 Å². The van der Waals surface area contributed by atoms with Crippen molar-refractivity contribution >= 4 is 11.8 Å². The molecule has 0 radical (unpaired) electrons. The van der Waals surface area contributed by atoms with Gasteiger partial charge >= 0.3 is 0 Å². The summed E-state index contributed by atoms with van der Waals surface area (Å²) in [5, 5.41) is 4.67. The van der Waals surface area contributed by atoms with Gasteiger partial charge in [-0.05, 0) is 37.5 Å². The topological polar surface area (TPSA) is 38.9 Å². The summed E-state index contributed by atoms with van der Waals surface area (Å²) in [5.74, 6) is -0.244. The van der Waals surface area contributed by atoms with Crippen LogP contribution in [0.1, 0.15) is 23.5 Å². The summed E-state index contributed by atoms with van der Waals surface area (Å²) in [6, 6.07) is 2.49. The highest BCUT2D eigenvalue weighted by atomic mass is 19.1. The molecule has 0 saturated heterocycles. The average molecular weight is 353 g/mol. The maximum Gasteiger partial charge on any atom is 0.135 e. The molecule has 7 heteroatoms. The lowest BCUT2D eigenvalue weighted by Gasteiger charge is -2.26. The number of imidazole rings is 1.